The molecule has 0 bridgehead atoms. The zero-order chi connectivity index (χ0) is 19.7. The average Bonchev–Trinajstić information content (AvgIpc) is 2.58. The van der Waals surface area contributed by atoms with Gasteiger partial charge in [-0.1, -0.05) is 32.0 Å². The first-order valence-corrected chi connectivity index (χ1v) is 9.36. The van der Waals surface area contributed by atoms with E-state index in [-0.39, 0.29) is 11.5 Å². The fourth-order valence-electron chi connectivity index (χ4n) is 1.83. The van der Waals surface area contributed by atoms with E-state index in [0.29, 0.717) is 0 Å². The average molecular weight is 386 g/mol. The van der Waals surface area contributed by atoms with Crippen molar-refractivity contribution in [2.24, 2.45) is 5.92 Å². The first-order chi connectivity index (χ1) is 12.2. The number of esters is 1. The van der Waals surface area contributed by atoms with Crippen LogP contribution in [0.4, 0.5) is 4.79 Å². The predicted molar refractivity (Wildman–Crippen MR) is 91.5 cm³/mol. The molecule has 1 aromatic carbocycles. The van der Waals surface area contributed by atoms with Crippen LogP contribution in [-0.4, -0.2) is 45.6 Å². The Morgan fingerprint density at radius 3 is 2.23 bits per heavy atom. The van der Waals surface area contributed by atoms with Gasteiger partial charge in [0.25, 0.3) is 5.91 Å². The van der Waals surface area contributed by atoms with Gasteiger partial charge in [-0.2, -0.15) is 4.72 Å². The third-order valence-corrected chi connectivity index (χ3v) is 4.58. The maximum atomic E-state index is 12.3. The number of hydrogen-bond acceptors (Lipinski definition) is 7. The molecule has 2 N–H and O–H groups in total. The van der Waals surface area contributed by atoms with Gasteiger partial charge < -0.3 is 9.47 Å². The highest BCUT2D eigenvalue weighted by molar-refractivity contribution is 7.89. The molecule has 0 fully saturated rings. The normalized spacial score (nSPS) is 12.3. The van der Waals surface area contributed by atoms with E-state index in [1.807, 2.05) is 5.32 Å². The fraction of sp³-hybridized carbons (Fsp3) is 0.438. The molecule has 2 amide bonds. The van der Waals surface area contributed by atoms with E-state index < -0.39 is 46.6 Å². The van der Waals surface area contributed by atoms with Crippen LogP contribution in [0.3, 0.4) is 0 Å². The van der Waals surface area contributed by atoms with Crippen LogP contribution < -0.4 is 10.0 Å². The van der Waals surface area contributed by atoms with E-state index in [2.05, 4.69) is 9.46 Å². The van der Waals surface area contributed by atoms with Crippen molar-refractivity contribution in [1.29, 1.82) is 0 Å². The van der Waals surface area contributed by atoms with Crippen LogP contribution in [-0.2, 0) is 29.1 Å². The van der Waals surface area contributed by atoms with Crippen molar-refractivity contribution in [2.45, 2.75) is 31.7 Å². The molecule has 26 heavy (non-hydrogen) atoms. The zero-order valence-corrected chi connectivity index (χ0v) is 15.5. The van der Waals surface area contributed by atoms with Gasteiger partial charge in [0.1, 0.15) is 6.04 Å². The lowest BCUT2D eigenvalue weighted by Gasteiger charge is -2.20. The molecule has 1 unspecified atom stereocenters. The molecule has 1 atom stereocenters. The van der Waals surface area contributed by atoms with Gasteiger partial charge in [-0.05, 0) is 25.0 Å². The Morgan fingerprint density at radius 2 is 1.69 bits per heavy atom. The smallest absolute Gasteiger partial charge is 0.413 e. The molecule has 0 heterocycles. The van der Waals surface area contributed by atoms with E-state index in [1.165, 1.54) is 12.1 Å². The second kappa shape index (κ2) is 9.88. The van der Waals surface area contributed by atoms with Gasteiger partial charge in [-0.3, -0.25) is 14.9 Å². The van der Waals surface area contributed by atoms with Gasteiger partial charge in [0, 0.05) is 0 Å². The highest BCUT2D eigenvalue weighted by Gasteiger charge is 2.30. The number of alkyl carbamates (subject to hydrolysis) is 1. The standard InChI is InChI=1S/C16H22N2O7S/c1-4-24-16(21)17-13(19)10-25-15(20)14(11(2)3)18-26(22,23)12-8-6-5-7-9-12/h5-9,11,14,18H,4,10H2,1-3H3,(H,17,19,21). The number of carbonyl (C=O) groups is 3. The minimum absolute atomic E-state index is 0.00139. The Kier molecular flexibility index (Phi) is 8.20. The molecule has 1 rings (SSSR count). The molecule has 0 aliphatic heterocycles. The summed E-state index contributed by atoms with van der Waals surface area (Å²) in [5.41, 5.74) is 0. The number of benzene rings is 1. The molecule has 0 spiro atoms. The number of nitrogens with one attached hydrogen (secondary N) is 2. The molecular weight excluding hydrogens is 364 g/mol. The van der Waals surface area contributed by atoms with Gasteiger partial charge in [0.05, 0.1) is 11.5 Å². The largest absolute Gasteiger partial charge is 0.454 e. The first-order valence-electron chi connectivity index (χ1n) is 7.88. The van der Waals surface area contributed by atoms with Gasteiger partial charge >= 0.3 is 12.1 Å². The number of carbonyl (C=O) groups excluding carboxylic acids is 3. The summed E-state index contributed by atoms with van der Waals surface area (Å²) in [6, 6.07) is 6.34. The summed E-state index contributed by atoms with van der Waals surface area (Å²) in [5, 5.41) is 1.86. The first kappa shape index (κ1) is 21.6. The van der Waals surface area contributed by atoms with Crippen molar-refractivity contribution < 1.29 is 32.3 Å². The van der Waals surface area contributed by atoms with Crippen LogP contribution >= 0.6 is 0 Å². The summed E-state index contributed by atoms with van der Waals surface area (Å²) in [7, 11) is -3.94. The SMILES string of the molecule is CCOC(=O)NC(=O)COC(=O)C(NS(=O)(=O)c1ccccc1)C(C)C. The van der Waals surface area contributed by atoms with E-state index in [0.717, 1.165) is 0 Å². The van der Waals surface area contributed by atoms with Crippen molar-refractivity contribution in [1.82, 2.24) is 10.0 Å². The second-order valence-corrected chi connectivity index (χ2v) is 7.25. The van der Waals surface area contributed by atoms with E-state index in [9.17, 15) is 22.8 Å². The third-order valence-electron chi connectivity index (χ3n) is 3.12. The number of ether oxygens (including phenoxy) is 2. The molecule has 0 radical (unpaired) electrons. The molecule has 1 aromatic rings. The Balaban J connectivity index is 2.71. The molecule has 0 aliphatic carbocycles. The molecule has 0 aromatic heterocycles. The monoisotopic (exact) mass is 386 g/mol. The summed E-state index contributed by atoms with van der Waals surface area (Å²) in [4.78, 5) is 34.8. The molecule has 0 saturated carbocycles. The maximum Gasteiger partial charge on any atom is 0.413 e. The molecule has 10 heteroatoms. The Bertz CT molecular complexity index is 732. The number of amides is 2. The predicted octanol–water partition coefficient (Wildman–Crippen LogP) is 0.805. The Morgan fingerprint density at radius 1 is 1.08 bits per heavy atom. The number of rotatable bonds is 8. The Hall–Kier alpha value is -2.46. The quantitative estimate of drug-likeness (QED) is 0.633. The zero-order valence-electron chi connectivity index (χ0n) is 14.7. The number of hydrogen-bond donors (Lipinski definition) is 2. The number of imide groups is 1. The summed E-state index contributed by atoms with van der Waals surface area (Å²) in [5.74, 6) is -2.25. The minimum Gasteiger partial charge on any atom is -0.454 e. The van der Waals surface area contributed by atoms with Crippen molar-refractivity contribution >= 4 is 28.0 Å². The lowest BCUT2D eigenvalue weighted by molar-refractivity contribution is -0.151. The molecule has 0 saturated heterocycles. The third kappa shape index (κ3) is 6.81. The van der Waals surface area contributed by atoms with Crippen LogP contribution in [0.2, 0.25) is 0 Å². The topological polar surface area (TPSA) is 128 Å². The van der Waals surface area contributed by atoms with Crippen molar-refractivity contribution in [3.05, 3.63) is 30.3 Å². The van der Waals surface area contributed by atoms with Crippen LogP contribution in [0.1, 0.15) is 20.8 Å². The van der Waals surface area contributed by atoms with Gasteiger partial charge in [0.15, 0.2) is 6.61 Å². The van der Waals surface area contributed by atoms with Crippen LogP contribution in [0.25, 0.3) is 0 Å². The van der Waals surface area contributed by atoms with E-state index in [4.69, 9.17) is 4.74 Å². The van der Waals surface area contributed by atoms with E-state index >= 15 is 0 Å². The molecular formula is C16H22N2O7S. The van der Waals surface area contributed by atoms with Crippen LogP contribution in [0, 0.1) is 5.92 Å². The van der Waals surface area contributed by atoms with Gasteiger partial charge in [-0.25, -0.2) is 13.2 Å². The summed E-state index contributed by atoms with van der Waals surface area (Å²) >= 11 is 0. The van der Waals surface area contributed by atoms with Gasteiger partial charge in [0.2, 0.25) is 10.0 Å². The maximum absolute atomic E-state index is 12.3. The molecule has 0 aliphatic rings. The second-order valence-electron chi connectivity index (χ2n) is 5.53. The van der Waals surface area contributed by atoms with Crippen molar-refractivity contribution in [3.8, 4) is 0 Å². The summed E-state index contributed by atoms with van der Waals surface area (Å²) < 4.78 is 36.3. The van der Waals surface area contributed by atoms with E-state index in [1.54, 1.807) is 39.0 Å². The lowest BCUT2D eigenvalue weighted by Crippen LogP contribution is -2.46. The highest BCUT2D eigenvalue weighted by atomic mass is 32.2. The number of sulfonamides is 1. The highest BCUT2D eigenvalue weighted by Crippen LogP contribution is 2.12. The van der Waals surface area contributed by atoms with Crippen LogP contribution in [0.5, 0.6) is 0 Å². The molecule has 9 nitrogen and oxygen atoms in total. The lowest BCUT2D eigenvalue weighted by atomic mass is 10.1. The van der Waals surface area contributed by atoms with Crippen molar-refractivity contribution in [2.75, 3.05) is 13.2 Å². The van der Waals surface area contributed by atoms with Crippen LogP contribution in [0.15, 0.2) is 35.2 Å². The molecule has 144 valence electrons. The fourth-order valence-corrected chi connectivity index (χ4v) is 3.19. The summed E-state index contributed by atoms with van der Waals surface area (Å²) in [6.45, 7) is 4.15. The Labute approximate surface area is 152 Å². The van der Waals surface area contributed by atoms with Gasteiger partial charge in [-0.15, -0.1) is 0 Å². The minimum atomic E-state index is -3.94. The summed E-state index contributed by atoms with van der Waals surface area (Å²) in [6.07, 6.45) is -0.960. The van der Waals surface area contributed by atoms with Crippen molar-refractivity contribution in [3.63, 3.8) is 0 Å².